The zero-order valence-corrected chi connectivity index (χ0v) is 13.4. The van der Waals surface area contributed by atoms with Gasteiger partial charge in [0.1, 0.15) is 10.6 Å². The number of anilines is 1. The van der Waals surface area contributed by atoms with Gasteiger partial charge in [0, 0.05) is 11.8 Å². The van der Waals surface area contributed by atoms with Gasteiger partial charge >= 0.3 is 0 Å². The second-order valence-electron chi connectivity index (χ2n) is 5.14. The Bertz CT molecular complexity index is 812. The van der Waals surface area contributed by atoms with Crippen LogP contribution in [-0.4, -0.2) is 15.3 Å². The standard InChI is InChI=1S/C17H16N4OS/c1-11-5-7-12(8-6-11)15-14(18)16(23-21-15)17(22)20-10-13-4-2-3-9-19-13/h2-9H,10,18H2,1H3,(H,20,22). The summed E-state index contributed by atoms with van der Waals surface area (Å²) in [5.41, 5.74) is 10.0. The Labute approximate surface area is 138 Å². The maximum atomic E-state index is 12.3. The first-order chi connectivity index (χ1) is 11.1. The zero-order chi connectivity index (χ0) is 16.2. The van der Waals surface area contributed by atoms with E-state index < -0.39 is 0 Å². The lowest BCUT2D eigenvalue weighted by Crippen LogP contribution is -2.23. The van der Waals surface area contributed by atoms with E-state index >= 15 is 0 Å². The van der Waals surface area contributed by atoms with E-state index in [0.717, 1.165) is 28.4 Å². The topological polar surface area (TPSA) is 80.9 Å². The monoisotopic (exact) mass is 324 g/mol. The first-order valence-electron chi connectivity index (χ1n) is 7.15. The van der Waals surface area contributed by atoms with E-state index in [2.05, 4.69) is 14.7 Å². The molecule has 5 nitrogen and oxygen atoms in total. The van der Waals surface area contributed by atoms with Crippen LogP contribution in [0.5, 0.6) is 0 Å². The fourth-order valence-electron chi connectivity index (χ4n) is 2.13. The number of nitrogens with two attached hydrogens (primary N) is 1. The predicted molar refractivity (Wildman–Crippen MR) is 92.1 cm³/mol. The highest BCUT2D eigenvalue weighted by molar-refractivity contribution is 7.09. The minimum Gasteiger partial charge on any atom is -0.396 e. The van der Waals surface area contributed by atoms with Gasteiger partial charge in [-0.1, -0.05) is 35.9 Å². The molecule has 6 heteroatoms. The number of aryl methyl sites for hydroxylation is 1. The Hall–Kier alpha value is -2.73. The number of rotatable bonds is 4. The molecule has 0 fully saturated rings. The fraction of sp³-hybridized carbons (Fsp3) is 0.118. The van der Waals surface area contributed by atoms with Crippen LogP contribution in [-0.2, 0) is 6.54 Å². The molecule has 2 heterocycles. The van der Waals surface area contributed by atoms with Gasteiger partial charge in [-0.15, -0.1) is 0 Å². The van der Waals surface area contributed by atoms with Gasteiger partial charge in [0.25, 0.3) is 5.91 Å². The molecule has 1 aromatic carbocycles. The third kappa shape index (κ3) is 3.37. The zero-order valence-electron chi connectivity index (χ0n) is 12.6. The van der Waals surface area contributed by atoms with Gasteiger partial charge in [-0.25, -0.2) is 0 Å². The van der Waals surface area contributed by atoms with E-state index in [9.17, 15) is 4.79 Å². The van der Waals surface area contributed by atoms with Crippen LogP contribution in [0.15, 0.2) is 48.7 Å². The van der Waals surface area contributed by atoms with Crippen molar-refractivity contribution in [2.24, 2.45) is 0 Å². The molecule has 0 aliphatic heterocycles. The van der Waals surface area contributed by atoms with E-state index in [1.165, 1.54) is 0 Å². The fourth-order valence-corrected chi connectivity index (χ4v) is 2.87. The lowest BCUT2D eigenvalue weighted by atomic mass is 10.1. The number of nitrogen functional groups attached to an aromatic ring is 1. The quantitative estimate of drug-likeness (QED) is 0.773. The molecule has 23 heavy (non-hydrogen) atoms. The van der Waals surface area contributed by atoms with Crippen LogP contribution in [0.2, 0.25) is 0 Å². The highest BCUT2D eigenvalue weighted by Gasteiger charge is 2.18. The van der Waals surface area contributed by atoms with E-state index in [4.69, 9.17) is 5.73 Å². The molecule has 0 spiro atoms. The van der Waals surface area contributed by atoms with Crippen LogP contribution in [0.1, 0.15) is 20.9 Å². The van der Waals surface area contributed by atoms with Crippen LogP contribution in [0.4, 0.5) is 5.69 Å². The molecule has 0 saturated heterocycles. The van der Waals surface area contributed by atoms with Crippen LogP contribution in [0, 0.1) is 6.92 Å². The van der Waals surface area contributed by atoms with Crippen molar-refractivity contribution in [2.45, 2.75) is 13.5 Å². The molecule has 2 aromatic heterocycles. The molecule has 116 valence electrons. The molecule has 0 atom stereocenters. The summed E-state index contributed by atoms with van der Waals surface area (Å²) in [5.74, 6) is -0.232. The Morgan fingerprint density at radius 2 is 2.00 bits per heavy atom. The van der Waals surface area contributed by atoms with Crippen LogP contribution >= 0.6 is 11.5 Å². The van der Waals surface area contributed by atoms with Crippen molar-refractivity contribution in [3.63, 3.8) is 0 Å². The van der Waals surface area contributed by atoms with Gasteiger partial charge in [0.05, 0.1) is 17.9 Å². The number of hydrogen-bond donors (Lipinski definition) is 2. The number of aromatic nitrogens is 2. The molecule has 3 aromatic rings. The number of hydrogen-bond acceptors (Lipinski definition) is 5. The minimum absolute atomic E-state index is 0.232. The summed E-state index contributed by atoms with van der Waals surface area (Å²) < 4.78 is 4.33. The first-order valence-corrected chi connectivity index (χ1v) is 7.93. The third-order valence-electron chi connectivity index (χ3n) is 3.42. The Morgan fingerprint density at radius 3 is 2.70 bits per heavy atom. The Kier molecular flexibility index (Phi) is 4.34. The number of amides is 1. The second-order valence-corrected chi connectivity index (χ2v) is 5.92. The SMILES string of the molecule is Cc1ccc(-c2nsc(C(=O)NCc3ccccn3)c2N)cc1. The lowest BCUT2D eigenvalue weighted by molar-refractivity contribution is 0.0955. The number of carbonyl (C=O) groups excluding carboxylic acids is 1. The number of pyridine rings is 1. The third-order valence-corrected chi connectivity index (χ3v) is 4.28. The Morgan fingerprint density at radius 1 is 1.22 bits per heavy atom. The smallest absolute Gasteiger partial charge is 0.265 e. The van der Waals surface area contributed by atoms with Crippen molar-refractivity contribution in [3.8, 4) is 11.3 Å². The molecule has 3 rings (SSSR count). The summed E-state index contributed by atoms with van der Waals surface area (Å²) in [6.07, 6.45) is 1.69. The Balaban J connectivity index is 1.76. The van der Waals surface area contributed by atoms with Crippen molar-refractivity contribution < 1.29 is 4.79 Å². The van der Waals surface area contributed by atoms with Crippen molar-refractivity contribution in [1.82, 2.24) is 14.7 Å². The molecule has 0 aliphatic carbocycles. The van der Waals surface area contributed by atoms with Crippen molar-refractivity contribution >= 4 is 23.1 Å². The van der Waals surface area contributed by atoms with Crippen molar-refractivity contribution in [3.05, 3.63) is 64.8 Å². The van der Waals surface area contributed by atoms with Gasteiger partial charge in [0.2, 0.25) is 0 Å². The van der Waals surface area contributed by atoms with Crippen molar-refractivity contribution in [2.75, 3.05) is 5.73 Å². The second kappa shape index (κ2) is 6.58. The van der Waals surface area contributed by atoms with Gasteiger partial charge in [0.15, 0.2) is 0 Å². The van der Waals surface area contributed by atoms with Crippen molar-refractivity contribution in [1.29, 1.82) is 0 Å². The molecule has 0 unspecified atom stereocenters. The summed E-state index contributed by atoms with van der Waals surface area (Å²) in [7, 11) is 0. The summed E-state index contributed by atoms with van der Waals surface area (Å²) in [6.45, 7) is 2.38. The van der Waals surface area contributed by atoms with Crippen LogP contribution in [0.3, 0.4) is 0 Å². The summed E-state index contributed by atoms with van der Waals surface area (Å²) in [6, 6.07) is 13.5. The molecular weight excluding hydrogens is 308 g/mol. The lowest BCUT2D eigenvalue weighted by Gasteiger charge is -2.04. The van der Waals surface area contributed by atoms with E-state index in [1.807, 2.05) is 49.4 Å². The molecule has 1 amide bonds. The van der Waals surface area contributed by atoms with Gasteiger partial charge in [-0.3, -0.25) is 9.78 Å². The number of benzene rings is 1. The molecule has 0 saturated carbocycles. The van der Waals surface area contributed by atoms with Gasteiger partial charge in [-0.05, 0) is 30.6 Å². The van der Waals surface area contributed by atoms with Crippen LogP contribution < -0.4 is 11.1 Å². The molecule has 0 radical (unpaired) electrons. The van der Waals surface area contributed by atoms with Crippen LogP contribution in [0.25, 0.3) is 11.3 Å². The first kappa shape index (κ1) is 15.2. The maximum absolute atomic E-state index is 12.3. The van der Waals surface area contributed by atoms with E-state index in [0.29, 0.717) is 22.8 Å². The molecule has 3 N–H and O–H groups in total. The summed E-state index contributed by atoms with van der Waals surface area (Å²) >= 11 is 1.11. The number of carbonyl (C=O) groups is 1. The number of nitrogens with one attached hydrogen (secondary N) is 1. The normalized spacial score (nSPS) is 10.5. The molecule has 0 aliphatic rings. The maximum Gasteiger partial charge on any atom is 0.265 e. The summed E-state index contributed by atoms with van der Waals surface area (Å²) in [4.78, 5) is 16.9. The van der Waals surface area contributed by atoms with E-state index in [-0.39, 0.29) is 5.91 Å². The van der Waals surface area contributed by atoms with Gasteiger partial charge in [-0.2, -0.15) is 4.37 Å². The largest absolute Gasteiger partial charge is 0.396 e. The summed E-state index contributed by atoms with van der Waals surface area (Å²) in [5, 5.41) is 2.82. The minimum atomic E-state index is -0.232. The average Bonchev–Trinajstić information content (AvgIpc) is 2.96. The highest BCUT2D eigenvalue weighted by atomic mass is 32.1. The number of nitrogens with zero attached hydrogens (tertiary/aromatic N) is 2. The predicted octanol–water partition coefficient (Wildman–Crippen LogP) is 3.03. The molecular formula is C17H16N4OS. The van der Waals surface area contributed by atoms with Gasteiger partial charge < -0.3 is 11.1 Å². The molecule has 0 bridgehead atoms. The average molecular weight is 324 g/mol. The highest BCUT2D eigenvalue weighted by Crippen LogP contribution is 2.30. The van der Waals surface area contributed by atoms with E-state index in [1.54, 1.807) is 6.20 Å².